The zero-order valence-electron chi connectivity index (χ0n) is 15.8. The molecule has 0 amide bonds. The van der Waals surface area contributed by atoms with E-state index in [-0.39, 0.29) is 24.0 Å². The van der Waals surface area contributed by atoms with Gasteiger partial charge in [-0.3, -0.25) is 9.98 Å². The van der Waals surface area contributed by atoms with Crippen LogP contribution in [0, 0.1) is 12.8 Å². The number of aliphatic imine (C=N–C) groups is 1. The van der Waals surface area contributed by atoms with Crippen LogP contribution in [0.3, 0.4) is 0 Å². The fourth-order valence-corrected chi connectivity index (χ4v) is 3.52. The Hall–Kier alpha value is -1.64. The zero-order chi connectivity index (χ0) is 17.6. The average Bonchev–Trinajstić information content (AvgIpc) is 3.15. The summed E-state index contributed by atoms with van der Waals surface area (Å²) in [6.45, 7) is 7.31. The lowest BCUT2D eigenvalue weighted by molar-refractivity contribution is 0.189. The van der Waals surface area contributed by atoms with Gasteiger partial charge in [-0.05, 0) is 42.9 Å². The largest absolute Gasteiger partial charge is 0.356 e. The van der Waals surface area contributed by atoms with E-state index in [2.05, 4.69) is 55.9 Å². The van der Waals surface area contributed by atoms with Gasteiger partial charge >= 0.3 is 0 Å². The summed E-state index contributed by atoms with van der Waals surface area (Å²) in [5.41, 5.74) is 2.58. The van der Waals surface area contributed by atoms with Gasteiger partial charge in [-0.2, -0.15) is 0 Å². The number of aryl methyl sites for hydroxylation is 1. The van der Waals surface area contributed by atoms with Gasteiger partial charge in [0.05, 0.1) is 12.4 Å². The van der Waals surface area contributed by atoms with E-state index < -0.39 is 0 Å². The fraction of sp³-hybridized carbons (Fsp3) is 0.526. The fourth-order valence-electron chi connectivity index (χ4n) is 3.52. The van der Waals surface area contributed by atoms with Crippen LogP contribution < -0.4 is 5.32 Å². The van der Waals surface area contributed by atoms with E-state index in [4.69, 9.17) is 0 Å². The van der Waals surface area contributed by atoms with E-state index in [9.17, 15) is 0 Å². The molecule has 1 fully saturated rings. The summed E-state index contributed by atoms with van der Waals surface area (Å²) < 4.78 is 2.23. The molecule has 0 radical (unpaired) electrons. The molecule has 2 atom stereocenters. The van der Waals surface area contributed by atoms with Crippen molar-refractivity contribution in [1.82, 2.24) is 24.8 Å². The van der Waals surface area contributed by atoms with Crippen LogP contribution in [0.25, 0.3) is 0 Å². The number of nitrogens with one attached hydrogen (secondary N) is 1. The lowest BCUT2D eigenvalue weighted by atomic mass is 9.93. The first-order valence-corrected chi connectivity index (χ1v) is 9.01. The van der Waals surface area contributed by atoms with Crippen LogP contribution in [0.1, 0.15) is 30.5 Å². The molecule has 0 aromatic carbocycles. The highest BCUT2D eigenvalue weighted by atomic mass is 127. The summed E-state index contributed by atoms with van der Waals surface area (Å²) in [6.07, 6.45) is 11.8. The highest BCUT2D eigenvalue weighted by Gasteiger charge is 2.28. The van der Waals surface area contributed by atoms with Gasteiger partial charge in [0.25, 0.3) is 0 Å². The summed E-state index contributed by atoms with van der Waals surface area (Å²) in [7, 11) is 1.87. The maximum absolute atomic E-state index is 4.50. The van der Waals surface area contributed by atoms with Crippen molar-refractivity contribution in [2.75, 3.05) is 26.7 Å². The lowest BCUT2D eigenvalue weighted by Crippen LogP contribution is -2.49. The summed E-state index contributed by atoms with van der Waals surface area (Å²) in [6, 6.07) is 2.54. The quantitative estimate of drug-likeness (QED) is 0.426. The highest BCUT2D eigenvalue weighted by Crippen LogP contribution is 2.27. The first-order valence-electron chi connectivity index (χ1n) is 9.01. The number of halogens is 1. The number of piperidine rings is 1. The molecule has 3 heterocycles. The third-order valence-electron chi connectivity index (χ3n) is 5.15. The number of imidazole rings is 1. The van der Waals surface area contributed by atoms with Crippen LogP contribution in [0.5, 0.6) is 0 Å². The Balaban J connectivity index is 0.00000243. The van der Waals surface area contributed by atoms with Crippen molar-refractivity contribution in [3.8, 4) is 0 Å². The summed E-state index contributed by atoms with van der Waals surface area (Å²) in [4.78, 5) is 15.2. The van der Waals surface area contributed by atoms with Crippen molar-refractivity contribution < 1.29 is 0 Å². The minimum absolute atomic E-state index is 0. The first kappa shape index (κ1) is 20.7. The molecular formula is C19H29IN6. The molecule has 2 aromatic heterocycles. The van der Waals surface area contributed by atoms with Crippen LogP contribution in [-0.2, 0) is 6.42 Å². The molecule has 26 heavy (non-hydrogen) atoms. The summed E-state index contributed by atoms with van der Waals surface area (Å²) in [5.74, 6) is 1.63. The molecule has 2 unspecified atom stereocenters. The second-order valence-electron chi connectivity index (χ2n) is 6.82. The van der Waals surface area contributed by atoms with Gasteiger partial charge in [0.1, 0.15) is 0 Å². The molecule has 2 aromatic rings. The minimum Gasteiger partial charge on any atom is -0.356 e. The smallest absolute Gasteiger partial charge is 0.193 e. The molecule has 1 aliphatic heterocycles. The number of hydrogen-bond donors (Lipinski definition) is 1. The van der Waals surface area contributed by atoms with Crippen molar-refractivity contribution in [3.05, 3.63) is 48.3 Å². The molecule has 7 heteroatoms. The van der Waals surface area contributed by atoms with Gasteiger partial charge in [-0.15, -0.1) is 24.0 Å². The second-order valence-corrected chi connectivity index (χ2v) is 6.82. The SMILES string of the molecule is CN=C(NCCc1ccncc1C)N1CCC(C)C(n2ccnc2)C1.I. The lowest BCUT2D eigenvalue weighted by Gasteiger charge is -2.39. The Morgan fingerprint density at radius 1 is 1.35 bits per heavy atom. The maximum atomic E-state index is 4.50. The van der Waals surface area contributed by atoms with Gasteiger partial charge in [-0.25, -0.2) is 4.98 Å². The molecule has 0 aliphatic carbocycles. The second kappa shape index (κ2) is 9.89. The minimum atomic E-state index is 0. The Morgan fingerprint density at radius 2 is 2.19 bits per heavy atom. The van der Waals surface area contributed by atoms with E-state index >= 15 is 0 Å². The number of rotatable bonds is 4. The Bertz CT molecular complexity index is 700. The highest BCUT2D eigenvalue weighted by molar-refractivity contribution is 14.0. The van der Waals surface area contributed by atoms with Crippen molar-refractivity contribution in [2.24, 2.45) is 10.9 Å². The van der Waals surface area contributed by atoms with Gasteiger partial charge in [-0.1, -0.05) is 6.92 Å². The molecule has 1 N–H and O–H groups in total. The zero-order valence-corrected chi connectivity index (χ0v) is 18.1. The Labute approximate surface area is 173 Å². The van der Waals surface area contributed by atoms with Crippen molar-refractivity contribution in [1.29, 1.82) is 0 Å². The predicted molar refractivity (Wildman–Crippen MR) is 116 cm³/mol. The molecule has 6 nitrogen and oxygen atoms in total. The molecule has 0 saturated carbocycles. The maximum Gasteiger partial charge on any atom is 0.193 e. The van der Waals surface area contributed by atoms with E-state index in [0.717, 1.165) is 38.4 Å². The third kappa shape index (κ3) is 4.96. The van der Waals surface area contributed by atoms with Gasteiger partial charge < -0.3 is 14.8 Å². The molecule has 142 valence electrons. The molecule has 1 aliphatic rings. The van der Waals surface area contributed by atoms with Crippen LogP contribution in [-0.4, -0.2) is 52.1 Å². The topological polar surface area (TPSA) is 58.3 Å². The number of pyridine rings is 1. The van der Waals surface area contributed by atoms with E-state index in [0.29, 0.717) is 12.0 Å². The number of hydrogen-bond acceptors (Lipinski definition) is 3. The van der Waals surface area contributed by atoms with E-state index in [1.807, 2.05) is 32.0 Å². The molecule has 3 rings (SSSR count). The van der Waals surface area contributed by atoms with Crippen LogP contribution in [0.2, 0.25) is 0 Å². The van der Waals surface area contributed by atoms with Crippen molar-refractivity contribution in [2.45, 2.75) is 32.7 Å². The average molecular weight is 468 g/mol. The first-order chi connectivity index (χ1) is 12.2. The Kier molecular flexibility index (Phi) is 7.86. The van der Waals surface area contributed by atoms with Gasteiger partial charge in [0, 0.05) is 51.5 Å². The summed E-state index contributed by atoms with van der Waals surface area (Å²) >= 11 is 0. The van der Waals surface area contributed by atoms with E-state index in [1.165, 1.54) is 11.1 Å². The van der Waals surface area contributed by atoms with Crippen molar-refractivity contribution in [3.63, 3.8) is 0 Å². The Morgan fingerprint density at radius 3 is 2.88 bits per heavy atom. The number of likely N-dealkylation sites (tertiary alicyclic amines) is 1. The number of nitrogens with zero attached hydrogens (tertiary/aromatic N) is 5. The molecular weight excluding hydrogens is 439 g/mol. The standard InChI is InChI=1S/C19H28N6.HI/c1-15-6-10-24(13-18(15)25-11-9-22-14-25)19(20-3)23-8-5-17-4-7-21-12-16(17)2;/h4,7,9,11-12,14-15,18H,5-6,8,10,13H2,1-3H3,(H,20,23);1H. The van der Waals surface area contributed by atoms with Crippen LogP contribution in [0.4, 0.5) is 0 Å². The third-order valence-corrected chi connectivity index (χ3v) is 5.15. The monoisotopic (exact) mass is 468 g/mol. The number of guanidine groups is 1. The summed E-state index contributed by atoms with van der Waals surface area (Å²) in [5, 5.41) is 3.53. The normalized spacial score (nSPS) is 20.6. The van der Waals surface area contributed by atoms with Crippen LogP contribution >= 0.6 is 24.0 Å². The van der Waals surface area contributed by atoms with Gasteiger partial charge in [0.2, 0.25) is 0 Å². The molecule has 0 spiro atoms. The molecule has 1 saturated heterocycles. The van der Waals surface area contributed by atoms with Crippen molar-refractivity contribution >= 4 is 29.9 Å². The van der Waals surface area contributed by atoms with Crippen LogP contribution in [0.15, 0.2) is 42.2 Å². The molecule has 0 bridgehead atoms. The predicted octanol–water partition coefficient (Wildman–Crippen LogP) is 2.91. The van der Waals surface area contributed by atoms with Gasteiger partial charge in [0.15, 0.2) is 5.96 Å². The number of aromatic nitrogens is 3. The van der Waals surface area contributed by atoms with E-state index in [1.54, 1.807) is 0 Å².